The Kier molecular flexibility index (Phi) is 3.52. The van der Waals surface area contributed by atoms with Gasteiger partial charge in [0.1, 0.15) is 12.0 Å². The van der Waals surface area contributed by atoms with E-state index in [1.54, 1.807) is 6.07 Å². The number of nitrogens with zero attached hydrogens (tertiary/aromatic N) is 1. The molecule has 4 heteroatoms. The van der Waals surface area contributed by atoms with Gasteiger partial charge in [0.05, 0.1) is 12.1 Å². The van der Waals surface area contributed by atoms with Crippen molar-refractivity contribution in [2.75, 3.05) is 6.54 Å². The van der Waals surface area contributed by atoms with Gasteiger partial charge >= 0.3 is 0 Å². The van der Waals surface area contributed by atoms with Crippen LogP contribution in [0.1, 0.15) is 42.8 Å². The van der Waals surface area contributed by atoms with E-state index in [1.165, 1.54) is 6.26 Å². The summed E-state index contributed by atoms with van der Waals surface area (Å²) in [4.78, 5) is 14.3. The van der Waals surface area contributed by atoms with Crippen LogP contribution in [0.25, 0.3) is 0 Å². The molecule has 17 heavy (non-hydrogen) atoms. The van der Waals surface area contributed by atoms with E-state index in [0.29, 0.717) is 29.8 Å². The zero-order valence-electron chi connectivity index (χ0n) is 10.5. The summed E-state index contributed by atoms with van der Waals surface area (Å²) < 4.78 is 5.22. The molecule has 0 unspecified atom stereocenters. The fourth-order valence-corrected chi connectivity index (χ4v) is 1.94. The van der Waals surface area contributed by atoms with Crippen molar-refractivity contribution in [3.8, 4) is 0 Å². The Morgan fingerprint density at radius 1 is 1.59 bits per heavy atom. The summed E-state index contributed by atoms with van der Waals surface area (Å²) in [7, 11) is 0. The highest BCUT2D eigenvalue weighted by Crippen LogP contribution is 2.29. The Labute approximate surface area is 102 Å². The lowest BCUT2D eigenvalue weighted by molar-refractivity contribution is 0.0722. The molecule has 1 saturated carbocycles. The third-order valence-corrected chi connectivity index (χ3v) is 2.91. The van der Waals surface area contributed by atoms with Crippen molar-refractivity contribution in [2.45, 2.75) is 39.3 Å². The molecule has 4 nitrogen and oxygen atoms in total. The topological polar surface area (TPSA) is 59.5 Å². The summed E-state index contributed by atoms with van der Waals surface area (Å²) in [6.07, 6.45) is 3.76. The average molecular weight is 236 g/mol. The summed E-state index contributed by atoms with van der Waals surface area (Å²) in [6.45, 7) is 5.40. The SMILES string of the molecule is CC(C)CN(C(=O)c1coc(CN)c1)C1CC1. The molecule has 0 aliphatic heterocycles. The maximum Gasteiger partial charge on any atom is 0.257 e. The standard InChI is InChI=1S/C13H20N2O2/c1-9(2)7-15(11-3-4-11)13(16)10-5-12(6-14)17-8-10/h5,8-9,11H,3-4,6-7,14H2,1-2H3. The molecule has 0 spiro atoms. The van der Waals surface area contributed by atoms with E-state index in [1.807, 2.05) is 4.90 Å². The van der Waals surface area contributed by atoms with Crippen molar-refractivity contribution in [3.63, 3.8) is 0 Å². The fourth-order valence-electron chi connectivity index (χ4n) is 1.94. The maximum atomic E-state index is 12.3. The Balaban J connectivity index is 2.09. The normalized spacial score (nSPS) is 15.3. The van der Waals surface area contributed by atoms with Gasteiger partial charge in [0.15, 0.2) is 0 Å². The third-order valence-electron chi connectivity index (χ3n) is 2.91. The molecule has 0 radical (unpaired) electrons. The van der Waals surface area contributed by atoms with Gasteiger partial charge in [-0.1, -0.05) is 13.8 Å². The minimum Gasteiger partial charge on any atom is -0.467 e. The Morgan fingerprint density at radius 3 is 2.76 bits per heavy atom. The van der Waals surface area contributed by atoms with Crippen LogP contribution in [0.4, 0.5) is 0 Å². The van der Waals surface area contributed by atoms with Gasteiger partial charge in [-0.25, -0.2) is 0 Å². The first-order valence-electron chi connectivity index (χ1n) is 6.20. The van der Waals surface area contributed by atoms with Crippen molar-refractivity contribution in [3.05, 3.63) is 23.7 Å². The molecule has 1 aliphatic rings. The molecule has 0 bridgehead atoms. The minimum atomic E-state index is 0.0738. The Hall–Kier alpha value is -1.29. The van der Waals surface area contributed by atoms with Gasteiger partial charge in [0.2, 0.25) is 0 Å². The molecule has 1 amide bonds. The summed E-state index contributed by atoms with van der Waals surface area (Å²) in [5.74, 6) is 1.22. The quantitative estimate of drug-likeness (QED) is 0.850. The molecular weight excluding hydrogens is 216 g/mol. The number of hydrogen-bond donors (Lipinski definition) is 1. The molecule has 0 atom stereocenters. The second-order valence-corrected chi connectivity index (χ2v) is 5.09. The van der Waals surface area contributed by atoms with Crippen LogP contribution in [-0.4, -0.2) is 23.4 Å². The summed E-state index contributed by atoms with van der Waals surface area (Å²) in [5, 5.41) is 0. The predicted molar refractivity (Wildman–Crippen MR) is 65.5 cm³/mol. The summed E-state index contributed by atoms with van der Waals surface area (Å²) in [6, 6.07) is 2.18. The maximum absolute atomic E-state index is 12.3. The monoisotopic (exact) mass is 236 g/mol. The van der Waals surface area contributed by atoms with Gasteiger partial charge < -0.3 is 15.1 Å². The van der Waals surface area contributed by atoms with Crippen LogP contribution >= 0.6 is 0 Å². The van der Waals surface area contributed by atoms with Crippen LogP contribution < -0.4 is 5.73 Å². The highest BCUT2D eigenvalue weighted by molar-refractivity contribution is 5.94. The molecule has 1 fully saturated rings. The van der Waals surface area contributed by atoms with Crippen molar-refractivity contribution in [2.24, 2.45) is 11.7 Å². The largest absolute Gasteiger partial charge is 0.467 e. The van der Waals surface area contributed by atoms with Crippen molar-refractivity contribution in [1.29, 1.82) is 0 Å². The van der Waals surface area contributed by atoms with E-state index < -0.39 is 0 Å². The van der Waals surface area contributed by atoms with Gasteiger partial charge in [-0.2, -0.15) is 0 Å². The molecule has 1 aromatic rings. The first-order chi connectivity index (χ1) is 8.11. The van der Waals surface area contributed by atoms with Gasteiger partial charge in [0, 0.05) is 12.6 Å². The second kappa shape index (κ2) is 4.92. The van der Waals surface area contributed by atoms with Crippen LogP contribution in [0.3, 0.4) is 0 Å². The lowest BCUT2D eigenvalue weighted by atomic mass is 10.2. The summed E-state index contributed by atoms with van der Waals surface area (Å²) >= 11 is 0. The first kappa shape index (κ1) is 12.2. The highest BCUT2D eigenvalue weighted by Gasteiger charge is 2.33. The van der Waals surface area contributed by atoms with E-state index in [2.05, 4.69) is 13.8 Å². The van der Waals surface area contributed by atoms with E-state index in [-0.39, 0.29) is 5.91 Å². The highest BCUT2D eigenvalue weighted by atomic mass is 16.3. The van der Waals surface area contributed by atoms with Crippen molar-refractivity contribution < 1.29 is 9.21 Å². The Morgan fingerprint density at radius 2 is 2.29 bits per heavy atom. The van der Waals surface area contributed by atoms with E-state index in [4.69, 9.17) is 10.2 Å². The van der Waals surface area contributed by atoms with Crippen LogP contribution in [0.15, 0.2) is 16.7 Å². The molecule has 94 valence electrons. The summed E-state index contributed by atoms with van der Waals surface area (Å²) in [5.41, 5.74) is 6.10. The van der Waals surface area contributed by atoms with Gasteiger partial charge in [-0.15, -0.1) is 0 Å². The third kappa shape index (κ3) is 2.88. The first-order valence-corrected chi connectivity index (χ1v) is 6.20. The van der Waals surface area contributed by atoms with Gasteiger partial charge in [-0.05, 0) is 24.8 Å². The zero-order valence-corrected chi connectivity index (χ0v) is 10.5. The molecule has 1 heterocycles. The van der Waals surface area contributed by atoms with E-state index in [0.717, 1.165) is 19.4 Å². The van der Waals surface area contributed by atoms with Gasteiger partial charge in [-0.3, -0.25) is 4.79 Å². The molecular formula is C13H20N2O2. The number of carbonyl (C=O) groups excluding carboxylic acids is 1. The second-order valence-electron chi connectivity index (χ2n) is 5.09. The van der Waals surface area contributed by atoms with E-state index >= 15 is 0 Å². The molecule has 2 N–H and O–H groups in total. The number of furan rings is 1. The smallest absolute Gasteiger partial charge is 0.257 e. The molecule has 0 aromatic carbocycles. The van der Waals surface area contributed by atoms with Crippen LogP contribution in [0.5, 0.6) is 0 Å². The molecule has 1 aliphatic carbocycles. The van der Waals surface area contributed by atoms with Crippen LogP contribution in [0.2, 0.25) is 0 Å². The number of hydrogen-bond acceptors (Lipinski definition) is 3. The number of carbonyl (C=O) groups is 1. The van der Waals surface area contributed by atoms with E-state index in [9.17, 15) is 4.79 Å². The number of nitrogens with two attached hydrogens (primary N) is 1. The fraction of sp³-hybridized carbons (Fsp3) is 0.615. The molecule has 1 aromatic heterocycles. The lowest BCUT2D eigenvalue weighted by Gasteiger charge is -2.23. The van der Waals surface area contributed by atoms with Crippen molar-refractivity contribution in [1.82, 2.24) is 4.90 Å². The minimum absolute atomic E-state index is 0.0738. The number of amides is 1. The lowest BCUT2D eigenvalue weighted by Crippen LogP contribution is -2.35. The van der Waals surface area contributed by atoms with Gasteiger partial charge in [0.25, 0.3) is 5.91 Å². The van der Waals surface area contributed by atoms with Crippen molar-refractivity contribution >= 4 is 5.91 Å². The predicted octanol–water partition coefficient (Wildman–Crippen LogP) is 2.00. The Bertz CT molecular complexity index is 394. The molecule has 2 rings (SSSR count). The zero-order chi connectivity index (χ0) is 12.4. The molecule has 0 saturated heterocycles. The average Bonchev–Trinajstić information content (AvgIpc) is 3.02. The van der Waals surface area contributed by atoms with Crippen LogP contribution in [0, 0.1) is 5.92 Å². The number of rotatable bonds is 5. The van der Waals surface area contributed by atoms with Crippen LogP contribution in [-0.2, 0) is 6.54 Å².